The predicted molar refractivity (Wildman–Crippen MR) is 184 cm³/mol. The average Bonchev–Trinajstić information content (AvgIpc) is 3.00. The number of urea groups is 1. The molecule has 0 spiro atoms. The fourth-order valence-electron chi connectivity index (χ4n) is 6.35. The standard InChI is InChI=1S/C36H49N5O5/c1-23(2)28-20-26(41(34(44)45)35(5,6)7)21-29(24(3)4)31(28)39-33(43)38-22-36(25-11-9-12-27(19-25)46-8)14-17-40(18-15-36)32-30(42)13-10-16-37-32/h9-13,16,19-21,23-24,42H,14-15,17-18,22H2,1-8H3,(H,44,45)(H2,38,39,43). The van der Waals surface area contributed by atoms with Crippen molar-refractivity contribution in [2.24, 2.45) is 0 Å². The van der Waals surface area contributed by atoms with Gasteiger partial charge in [0.2, 0.25) is 0 Å². The number of piperidine rings is 1. The molecular weight excluding hydrogens is 582 g/mol. The number of amides is 3. The van der Waals surface area contributed by atoms with Crippen LogP contribution in [0.4, 0.5) is 26.8 Å². The molecule has 1 aliphatic heterocycles. The van der Waals surface area contributed by atoms with Gasteiger partial charge in [-0.25, -0.2) is 14.6 Å². The third-order valence-corrected chi connectivity index (χ3v) is 8.84. The summed E-state index contributed by atoms with van der Waals surface area (Å²) in [4.78, 5) is 33.9. The zero-order valence-electron chi connectivity index (χ0n) is 28.3. The molecule has 2 heterocycles. The molecule has 3 amide bonds. The second kappa shape index (κ2) is 13.9. The molecular formula is C36H49N5O5. The number of hydrogen-bond acceptors (Lipinski definition) is 6. The lowest BCUT2D eigenvalue weighted by molar-refractivity contribution is 0.195. The Labute approximate surface area is 272 Å². The van der Waals surface area contributed by atoms with Gasteiger partial charge < -0.3 is 30.5 Å². The van der Waals surface area contributed by atoms with Crippen LogP contribution >= 0.6 is 0 Å². The van der Waals surface area contributed by atoms with Crippen LogP contribution in [0.1, 0.15) is 89.8 Å². The van der Waals surface area contributed by atoms with Crippen LogP contribution in [0.25, 0.3) is 0 Å². The van der Waals surface area contributed by atoms with Crippen LogP contribution < -0.4 is 25.2 Å². The second-order valence-electron chi connectivity index (χ2n) is 13.8. The van der Waals surface area contributed by atoms with Crippen LogP contribution in [0.3, 0.4) is 0 Å². The molecule has 0 atom stereocenters. The number of methoxy groups -OCH3 is 1. The van der Waals surface area contributed by atoms with E-state index in [0.717, 1.165) is 35.3 Å². The van der Waals surface area contributed by atoms with Gasteiger partial charge in [-0.05, 0) is 98.5 Å². The zero-order chi connectivity index (χ0) is 33.8. The molecule has 0 saturated carbocycles. The third kappa shape index (κ3) is 7.49. The van der Waals surface area contributed by atoms with E-state index in [4.69, 9.17) is 4.74 Å². The van der Waals surface area contributed by atoms with Gasteiger partial charge >= 0.3 is 12.1 Å². The first-order valence-corrected chi connectivity index (χ1v) is 16.0. The maximum atomic E-state index is 13.7. The lowest BCUT2D eigenvalue weighted by Gasteiger charge is -2.43. The van der Waals surface area contributed by atoms with Crippen LogP contribution in [-0.2, 0) is 5.41 Å². The molecule has 1 aliphatic rings. The molecule has 10 heteroatoms. The van der Waals surface area contributed by atoms with Gasteiger partial charge in [-0.3, -0.25) is 4.90 Å². The number of hydrogen-bond donors (Lipinski definition) is 4. The largest absolute Gasteiger partial charge is 0.504 e. The van der Waals surface area contributed by atoms with Crippen molar-refractivity contribution in [1.29, 1.82) is 0 Å². The molecule has 0 unspecified atom stereocenters. The highest BCUT2D eigenvalue weighted by Crippen LogP contribution is 2.40. The van der Waals surface area contributed by atoms with E-state index < -0.39 is 11.6 Å². The monoisotopic (exact) mass is 631 g/mol. The Morgan fingerprint density at radius 1 is 1.02 bits per heavy atom. The maximum Gasteiger partial charge on any atom is 0.412 e. The number of benzene rings is 2. The first-order chi connectivity index (χ1) is 21.7. The smallest absolute Gasteiger partial charge is 0.412 e. The summed E-state index contributed by atoms with van der Waals surface area (Å²) in [5.74, 6) is 1.51. The van der Waals surface area contributed by atoms with Crippen molar-refractivity contribution in [3.8, 4) is 11.5 Å². The first kappa shape index (κ1) is 34.4. The Bertz CT molecular complexity index is 1510. The van der Waals surface area contributed by atoms with E-state index in [1.807, 2.05) is 78.8 Å². The SMILES string of the molecule is COc1cccc(C2(CNC(=O)Nc3c(C(C)C)cc(N(C(=O)O)C(C)(C)C)cc3C(C)C)CCN(c3ncccc3O)CC2)c1. The van der Waals surface area contributed by atoms with Crippen LogP contribution in [0, 0.1) is 0 Å². The number of carbonyl (C=O) groups excluding carboxylic acids is 1. The predicted octanol–water partition coefficient (Wildman–Crippen LogP) is 7.69. The highest BCUT2D eigenvalue weighted by atomic mass is 16.5. The third-order valence-electron chi connectivity index (χ3n) is 8.84. The molecule has 0 bridgehead atoms. The molecule has 0 aliphatic carbocycles. The summed E-state index contributed by atoms with van der Waals surface area (Å²) in [6.07, 6.45) is 2.09. The second-order valence-corrected chi connectivity index (χ2v) is 13.8. The number of carboxylic acid groups (broad SMARTS) is 1. The molecule has 0 radical (unpaired) electrons. The summed E-state index contributed by atoms with van der Waals surface area (Å²) < 4.78 is 5.54. The Morgan fingerprint density at radius 3 is 2.17 bits per heavy atom. The summed E-state index contributed by atoms with van der Waals surface area (Å²) in [7, 11) is 1.64. The maximum absolute atomic E-state index is 13.7. The molecule has 1 saturated heterocycles. The molecule has 2 aromatic carbocycles. The van der Waals surface area contributed by atoms with Crippen LogP contribution in [0.5, 0.6) is 11.5 Å². The van der Waals surface area contributed by atoms with Gasteiger partial charge in [0.05, 0.1) is 7.11 Å². The number of carbonyl (C=O) groups is 2. The Morgan fingerprint density at radius 2 is 1.65 bits per heavy atom. The number of ether oxygens (including phenoxy) is 1. The van der Waals surface area contributed by atoms with Gasteiger partial charge in [-0.2, -0.15) is 0 Å². The van der Waals surface area contributed by atoms with Crippen molar-refractivity contribution < 1.29 is 24.5 Å². The number of nitrogens with zero attached hydrogens (tertiary/aromatic N) is 3. The summed E-state index contributed by atoms with van der Waals surface area (Å²) in [5, 5.41) is 26.8. The van der Waals surface area contributed by atoms with E-state index >= 15 is 0 Å². The van der Waals surface area contributed by atoms with Gasteiger partial charge in [0.25, 0.3) is 0 Å². The van der Waals surface area contributed by atoms with Crippen molar-refractivity contribution in [2.45, 2.75) is 84.1 Å². The quantitative estimate of drug-likeness (QED) is 0.191. The molecule has 4 N–H and O–H groups in total. The van der Waals surface area contributed by atoms with Gasteiger partial charge in [0.15, 0.2) is 11.6 Å². The van der Waals surface area contributed by atoms with Gasteiger partial charge in [0, 0.05) is 48.2 Å². The Kier molecular flexibility index (Phi) is 10.4. The lowest BCUT2D eigenvalue weighted by Crippen LogP contribution is -2.50. The number of nitrogens with one attached hydrogen (secondary N) is 2. The van der Waals surface area contributed by atoms with E-state index in [2.05, 4.69) is 26.6 Å². The van der Waals surface area contributed by atoms with Crippen molar-refractivity contribution in [3.05, 3.63) is 71.4 Å². The van der Waals surface area contributed by atoms with Crippen LogP contribution in [0.15, 0.2) is 54.7 Å². The van der Waals surface area contributed by atoms with Crippen LogP contribution in [-0.4, -0.2) is 59.6 Å². The minimum absolute atomic E-state index is 0.0267. The van der Waals surface area contributed by atoms with Crippen molar-refractivity contribution in [2.75, 3.05) is 41.9 Å². The molecule has 10 nitrogen and oxygen atoms in total. The molecule has 248 valence electrons. The van der Waals surface area contributed by atoms with Crippen LogP contribution in [0.2, 0.25) is 0 Å². The highest BCUT2D eigenvalue weighted by molar-refractivity contribution is 5.94. The van der Waals surface area contributed by atoms with Gasteiger partial charge in [-0.15, -0.1) is 0 Å². The number of rotatable bonds is 9. The van der Waals surface area contributed by atoms with Crippen molar-refractivity contribution in [3.63, 3.8) is 0 Å². The van der Waals surface area contributed by atoms with E-state index in [0.29, 0.717) is 36.8 Å². The van der Waals surface area contributed by atoms with E-state index in [-0.39, 0.29) is 29.0 Å². The Hall–Kier alpha value is -4.47. The topological polar surface area (TPSA) is 127 Å². The highest BCUT2D eigenvalue weighted by Gasteiger charge is 2.38. The fraction of sp³-hybridized carbons (Fsp3) is 0.472. The van der Waals surface area contributed by atoms with Crippen molar-refractivity contribution in [1.82, 2.24) is 10.3 Å². The molecule has 1 fully saturated rings. The number of aromatic nitrogens is 1. The molecule has 46 heavy (non-hydrogen) atoms. The number of aromatic hydroxyl groups is 1. The van der Waals surface area contributed by atoms with E-state index in [1.54, 1.807) is 25.4 Å². The summed E-state index contributed by atoms with van der Waals surface area (Å²) in [6.45, 7) is 15.4. The molecule has 4 rings (SSSR count). The minimum atomic E-state index is -1.03. The summed E-state index contributed by atoms with van der Waals surface area (Å²) in [5.41, 5.74) is 3.08. The summed E-state index contributed by atoms with van der Waals surface area (Å²) >= 11 is 0. The zero-order valence-corrected chi connectivity index (χ0v) is 28.3. The van der Waals surface area contributed by atoms with Gasteiger partial charge in [-0.1, -0.05) is 39.8 Å². The molecule has 1 aromatic heterocycles. The fourth-order valence-corrected chi connectivity index (χ4v) is 6.35. The minimum Gasteiger partial charge on any atom is -0.504 e. The normalized spacial score (nSPS) is 14.7. The number of anilines is 3. The summed E-state index contributed by atoms with van der Waals surface area (Å²) in [6, 6.07) is 14.8. The van der Waals surface area contributed by atoms with E-state index in [1.165, 1.54) is 4.90 Å². The van der Waals surface area contributed by atoms with E-state index in [9.17, 15) is 19.8 Å². The first-order valence-electron chi connectivity index (χ1n) is 16.0. The number of pyridine rings is 1. The lowest BCUT2D eigenvalue weighted by atomic mass is 9.72. The molecule has 3 aromatic rings. The average molecular weight is 632 g/mol. The van der Waals surface area contributed by atoms with Crippen molar-refractivity contribution >= 4 is 29.3 Å². The van der Waals surface area contributed by atoms with Gasteiger partial charge in [0.1, 0.15) is 5.75 Å². The Balaban J connectivity index is 1.63.